The van der Waals surface area contributed by atoms with Crippen LogP contribution in [0.1, 0.15) is 109 Å². The van der Waals surface area contributed by atoms with Gasteiger partial charge in [0.2, 0.25) is 0 Å². The Balaban J connectivity index is 2.89. The lowest BCUT2D eigenvalue weighted by Gasteiger charge is -2.26. The van der Waals surface area contributed by atoms with Crippen LogP contribution in [0.5, 0.6) is 5.75 Å². The molecule has 1 aromatic rings. The molecule has 0 amide bonds. The Kier molecular flexibility index (Phi) is 12.3. The lowest BCUT2D eigenvalue weighted by atomic mass is 9.78. The number of ether oxygens (including phenoxy) is 1. The van der Waals surface area contributed by atoms with Crippen molar-refractivity contribution in [3.05, 3.63) is 29.3 Å². The maximum atomic E-state index is 12.0. The fraction of sp³-hybridized carbons (Fsp3) is 0.692. The van der Waals surface area contributed by atoms with Crippen molar-refractivity contribution in [2.75, 3.05) is 6.61 Å². The van der Waals surface area contributed by atoms with E-state index in [0.29, 0.717) is 23.5 Å². The first-order chi connectivity index (χ1) is 14.7. The number of rotatable bonds is 16. The van der Waals surface area contributed by atoms with E-state index in [1.54, 1.807) is 18.2 Å². The zero-order valence-electron chi connectivity index (χ0n) is 20.0. The summed E-state index contributed by atoms with van der Waals surface area (Å²) in [5.74, 6) is -3.11. The van der Waals surface area contributed by atoms with Gasteiger partial charge in [0.05, 0.1) is 18.4 Å². The fourth-order valence-electron chi connectivity index (χ4n) is 4.18. The predicted molar refractivity (Wildman–Crippen MR) is 125 cm³/mol. The monoisotopic (exact) mass is 434 g/mol. The highest BCUT2D eigenvalue weighted by molar-refractivity contribution is 5.81. The SMILES string of the molecule is CCCCCCCCCCOc1ccc(C(C(=O)O)C(C)C)c(C(C(=O)O)C(C)C)c1. The van der Waals surface area contributed by atoms with Gasteiger partial charge >= 0.3 is 11.9 Å². The summed E-state index contributed by atoms with van der Waals surface area (Å²) in [5.41, 5.74) is 1.13. The van der Waals surface area contributed by atoms with Gasteiger partial charge in [-0.15, -0.1) is 0 Å². The molecule has 5 heteroatoms. The second-order valence-corrected chi connectivity index (χ2v) is 9.23. The molecule has 5 nitrogen and oxygen atoms in total. The molecule has 2 N–H and O–H groups in total. The van der Waals surface area contributed by atoms with Gasteiger partial charge < -0.3 is 14.9 Å². The first kappa shape index (κ1) is 27.0. The van der Waals surface area contributed by atoms with Crippen LogP contribution in [0.2, 0.25) is 0 Å². The number of aliphatic carboxylic acids is 2. The molecular weight excluding hydrogens is 392 g/mol. The van der Waals surface area contributed by atoms with Crippen LogP contribution in [0.4, 0.5) is 0 Å². The lowest BCUT2D eigenvalue weighted by Crippen LogP contribution is -2.24. The van der Waals surface area contributed by atoms with E-state index in [4.69, 9.17) is 4.74 Å². The Morgan fingerprint density at radius 3 is 1.74 bits per heavy atom. The fourth-order valence-corrected chi connectivity index (χ4v) is 4.18. The van der Waals surface area contributed by atoms with Crippen molar-refractivity contribution in [1.29, 1.82) is 0 Å². The zero-order valence-corrected chi connectivity index (χ0v) is 20.0. The van der Waals surface area contributed by atoms with E-state index in [1.807, 2.05) is 27.7 Å². The molecule has 0 spiro atoms. The molecule has 31 heavy (non-hydrogen) atoms. The molecule has 2 unspecified atom stereocenters. The van der Waals surface area contributed by atoms with Crippen LogP contribution in [-0.4, -0.2) is 28.8 Å². The normalized spacial score (nSPS) is 13.4. The Bertz CT molecular complexity index is 680. The van der Waals surface area contributed by atoms with Crippen molar-refractivity contribution < 1.29 is 24.5 Å². The molecule has 0 aliphatic rings. The van der Waals surface area contributed by atoms with E-state index >= 15 is 0 Å². The van der Waals surface area contributed by atoms with Crippen LogP contribution in [-0.2, 0) is 9.59 Å². The molecule has 0 radical (unpaired) electrons. The molecule has 176 valence electrons. The molecule has 0 aromatic heterocycles. The van der Waals surface area contributed by atoms with Crippen molar-refractivity contribution in [3.63, 3.8) is 0 Å². The predicted octanol–water partition coefficient (Wildman–Crippen LogP) is 6.85. The molecular formula is C26H42O5. The summed E-state index contributed by atoms with van der Waals surface area (Å²) >= 11 is 0. The molecule has 0 fully saturated rings. The van der Waals surface area contributed by atoms with Gasteiger partial charge in [0.25, 0.3) is 0 Å². The van der Waals surface area contributed by atoms with Crippen molar-refractivity contribution >= 4 is 11.9 Å². The Morgan fingerprint density at radius 1 is 0.774 bits per heavy atom. The quantitative estimate of drug-likeness (QED) is 0.278. The number of unbranched alkanes of at least 4 members (excludes halogenated alkanes) is 7. The van der Waals surface area contributed by atoms with Gasteiger partial charge in [0.15, 0.2) is 0 Å². The Hall–Kier alpha value is -2.04. The Morgan fingerprint density at radius 2 is 1.26 bits per heavy atom. The second kappa shape index (κ2) is 14.1. The standard InChI is InChI=1S/C26H42O5/c1-6-7-8-9-10-11-12-13-16-31-20-14-15-21(23(18(2)3)25(27)28)22(17-20)24(19(4)5)26(29)30/h14-15,17-19,23-24H,6-13,16H2,1-5H3,(H,27,28)(H,29,30). The van der Waals surface area contributed by atoms with Crippen molar-refractivity contribution in [2.24, 2.45) is 11.8 Å². The summed E-state index contributed by atoms with van der Waals surface area (Å²) < 4.78 is 5.92. The van der Waals surface area contributed by atoms with Crippen LogP contribution >= 0.6 is 0 Å². The molecule has 0 aliphatic heterocycles. The van der Waals surface area contributed by atoms with E-state index in [-0.39, 0.29) is 11.8 Å². The molecule has 2 atom stereocenters. The third kappa shape index (κ3) is 8.92. The van der Waals surface area contributed by atoms with Crippen molar-refractivity contribution in [2.45, 2.75) is 97.8 Å². The minimum Gasteiger partial charge on any atom is -0.494 e. The van der Waals surface area contributed by atoms with E-state index in [9.17, 15) is 19.8 Å². The van der Waals surface area contributed by atoms with E-state index in [2.05, 4.69) is 6.92 Å². The molecule has 0 heterocycles. The van der Waals surface area contributed by atoms with Crippen LogP contribution < -0.4 is 4.74 Å². The first-order valence-electron chi connectivity index (χ1n) is 11.9. The first-order valence-corrected chi connectivity index (χ1v) is 11.9. The van der Waals surface area contributed by atoms with Gasteiger partial charge in [-0.25, -0.2) is 0 Å². The number of carbonyl (C=O) groups is 2. The number of hydrogen-bond acceptors (Lipinski definition) is 3. The lowest BCUT2D eigenvalue weighted by molar-refractivity contribution is -0.141. The maximum absolute atomic E-state index is 12.0. The average molecular weight is 435 g/mol. The summed E-state index contributed by atoms with van der Waals surface area (Å²) in [6.45, 7) is 10.2. The number of benzene rings is 1. The van der Waals surface area contributed by atoms with Crippen LogP contribution in [0, 0.1) is 11.8 Å². The van der Waals surface area contributed by atoms with Crippen molar-refractivity contribution in [3.8, 4) is 5.75 Å². The maximum Gasteiger partial charge on any atom is 0.311 e. The summed E-state index contributed by atoms with van der Waals surface area (Å²) in [5, 5.41) is 19.6. The number of carboxylic acids is 2. The minimum absolute atomic E-state index is 0.151. The highest BCUT2D eigenvalue weighted by Crippen LogP contribution is 2.37. The van der Waals surface area contributed by atoms with Gasteiger partial charge in [-0.1, -0.05) is 85.6 Å². The van der Waals surface area contributed by atoms with Gasteiger partial charge in [-0.05, 0) is 41.5 Å². The van der Waals surface area contributed by atoms with E-state index in [1.165, 1.54) is 38.5 Å². The summed E-state index contributed by atoms with van der Waals surface area (Å²) in [6, 6.07) is 5.27. The van der Waals surface area contributed by atoms with Gasteiger partial charge in [0, 0.05) is 0 Å². The smallest absolute Gasteiger partial charge is 0.311 e. The summed E-state index contributed by atoms with van der Waals surface area (Å²) in [4.78, 5) is 23.9. The Labute approximate surface area is 188 Å². The summed E-state index contributed by atoms with van der Waals surface area (Å²) in [7, 11) is 0. The van der Waals surface area contributed by atoms with Crippen LogP contribution in [0.25, 0.3) is 0 Å². The number of carboxylic acid groups (broad SMARTS) is 2. The van der Waals surface area contributed by atoms with Gasteiger partial charge in [-0.2, -0.15) is 0 Å². The van der Waals surface area contributed by atoms with Gasteiger partial charge in [0.1, 0.15) is 5.75 Å². The van der Waals surface area contributed by atoms with Crippen LogP contribution in [0.3, 0.4) is 0 Å². The van der Waals surface area contributed by atoms with E-state index < -0.39 is 23.8 Å². The van der Waals surface area contributed by atoms with Crippen molar-refractivity contribution in [1.82, 2.24) is 0 Å². The molecule has 1 rings (SSSR count). The zero-order chi connectivity index (χ0) is 23.4. The average Bonchev–Trinajstić information content (AvgIpc) is 2.67. The molecule has 0 saturated heterocycles. The number of hydrogen-bond donors (Lipinski definition) is 2. The van der Waals surface area contributed by atoms with Gasteiger partial charge in [-0.3, -0.25) is 9.59 Å². The molecule has 1 aromatic carbocycles. The third-order valence-corrected chi connectivity index (χ3v) is 5.86. The second-order valence-electron chi connectivity index (χ2n) is 9.23. The van der Waals surface area contributed by atoms with Crippen LogP contribution in [0.15, 0.2) is 18.2 Å². The van der Waals surface area contributed by atoms with E-state index in [0.717, 1.165) is 12.8 Å². The largest absolute Gasteiger partial charge is 0.494 e. The minimum atomic E-state index is -0.940. The third-order valence-electron chi connectivity index (χ3n) is 5.86. The molecule has 0 aliphatic carbocycles. The molecule has 0 bridgehead atoms. The topological polar surface area (TPSA) is 83.8 Å². The highest BCUT2D eigenvalue weighted by Gasteiger charge is 2.33. The molecule has 0 saturated carbocycles. The highest BCUT2D eigenvalue weighted by atomic mass is 16.5. The summed E-state index contributed by atoms with van der Waals surface area (Å²) in [6.07, 6.45) is 9.74.